The average molecular weight is 171 g/mol. The van der Waals surface area contributed by atoms with Gasteiger partial charge in [-0.05, 0) is 25.0 Å². The van der Waals surface area contributed by atoms with Crippen LogP contribution in [0.5, 0.6) is 5.75 Å². The summed E-state index contributed by atoms with van der Waals surface area (Å²) in [6.07, 6.45) is 0.229. The Morgan fingerprint density at radius 1 is 1.33 bits per heavy atom. The molecule has 0 spiro atoms. The van der Waals surface area contributed by atoms with E-state index in [1.165, 1.54) is 7.11 Å². The van der Waals surface area contributed by atoms with Crippen LogP contribution in [-0.4, -0.2) is 7.11 Å². The van der Waals surface area contributed by atoms with Crippen LogP contribution in [0.15, 0.2) is 12.1 Å². The number of ether oxygens (including phenoxy) is 1. The van der Waals surface area contributed by atoms with Gasteiger partial charge in [-0.25, -0.2) is 8.78 Å². The zero-order chi connectivity index (χ0) is 9.14. The molecular weight excluding hydrogens is 162 g/mol. The predicted molar refractivity (Wildman–Crippen MR) is 42.0 cm³/mol. The standard InChI is InChI=1S/C9H9F2O/c1-3-6-4-8(11)9(12-2)5-7(6)10/h4-5H,1,3H2,2H3. The fourth-order valence-corrected chi connectivity index (χ4v) is 0.918. The molecular formula is C9H9F2O. The van der Waals surface area contributed by atoms with Crippen molar-refractivity contribution >= 4 is 0 Å². The molecule has 0 atom stereocenters. The minimum absolute atomic E-state index is 0.0790. The largest absolute Gasteiger partial charge is 0.494 e. The first kappa shape index (κ1) is 8.97. The highest BCUT2D eigenvalue weighted by Crippen LogP contribution is 2.21. The maximum atomic E-state index is 12.9. The van der Waals surface area contributed by atoms with Crippen molar-refractivity contribution in [2.75, 3.05) is 7.11 Å². The highest BCUT2D eigenvalue weighted by molar-refractivity contribution is 5.31. The smallest absolute Gasteiger partial charge is 0.165 e. The zero-order valence-corrected chi connectivity index (χ0v) is 6.73. The normalized spacial score (nSPS) is 10.0. The van der Waals surface area contributed by atoms with Gasteiger partial charge in [-0.3, -0.25) is 0 Å². The van der Waals surface area contributed by atoms with Crippen LogP contribution < -0.4 is 4.74 Å². The van der Waals surface area contributed by atoms with E-state index < -0.39 is 11.6 Å². The summed E-state index contributed by atoms with van der Waals surface area (Å²) in [7, 11) is 1.29. The minimum Gasteiger partial charge on any atom is -0.494 e. The molecule has 0 aromatic heterocycles. The molecule has 0 saturated heterocycles. The summed E-state index contributed by atoms with van der Waals surface area (Å²) < 4.78 is 30.4. The maximum absolute atomic E-state index is 12.9. The summed E-state index contributed by atoms with van der Waals surface area (Å²) in [5, 5.41) is 0. The monoisotopic (exact) mass is 171 g/mol. The summed E-state index contributed by atoms with van der Waals surface area (Å²) in [4.78, 5) is 0. The quantitative estimate of drug-likeness (QED) is 0.663. The Hall–Kier alpha value is -1.12. The van der Waals surface area contributed by atoms with Gasteiger partial charge in [-0.1, -0.05) is 0 Å². The minimum atomic E-state index is -0.558. The lowest BCUT2D eigenvalue weighted by Crippen LogP contribution is -1.94. The maximum Gasteiger partial charge on any atom is 0.165 e. The summed E-state index contributed by atoms with van der Waals surface area (Å²) >= 11 is 0. The molecule has 1 aromatic carbocycles. The van der Waals surface area contributed by atoms with Gasteiger partial charge in [0.25, 0.3) is 0 Å². The van der Waals surface area contributed by atoms with Crippen LogP contribution in [0.1, 0.15) is 5.56 Å². The van der Waals surface area contributed by atoms with Crippen LogP contribution in [0, 0.1) is 18.6 Å². The van der Waals surface area contributed by atoms with E-state index in [0.29, 0.717) is 0 Å². The van der Waals surface area contributed by atoms with Gasteiger partial charge in [0.15, 0.2) is 11.6 Å². The van der Waals surface area contributed by atoms with Crippen molar-refractivity contribution in [2.45, 2.75) is 6.42 Å². The number of hydrogen-bond acceptors (Lipinski definition) is 1. The van der Waals surface area contributed by atoms with Crippen molar-refractivity contribution in [3.8, 4) is 5.75 Å². The SMILES string of the molecule is [CH2]Cc1cc(F)c(OC)cc1F. The summed E-state index contributed by atoms with van der Waals surface area (Å²) in [6, 6.07) is 2.12. The number of hydrogen-bond donors (Lipinski definition) is 0. The summed E-state index contributed by atoms with van der Waals surface area (Å²) in [5.74, 6) is -1.12. The fraction of sp³-hybridized carbons (Fsp3) is 0.222. The number of benzene rings is 1. The van der Waals surface area contributed by atoms with E-state index in [2.05, 4.69) is 11.7 Å². The molecule has 0 bridgehead atoms. The van der Waals surface area contributed by atoms with E-state index in [-0.39, 0.29) is 17.7 Å². The van der Waals surface area contributed by atoms with Crippen LogP contribution in [0.2, 0.25) is 0 Å². The van der Waals surface area contributed by atoms with Gasteiger partial charge in [-0.2, -0.15) is 0 Å². The first-order chi connectivity index (χ1) is 5.69. The Morgan fingerprint density at radius 3 is 2.50 bits per heavy atom. The molecule has 1 nitrogen and oxygen atoms in total. The molecule has 0 heterocycles. The molecule has 0 aliphatic rings. The molecule has 12 heavy (non-hydrogen) atoms. The van der Waals surface area contributed by atoms with Crippen molar-refractivity contribution in [3.63, 3.8) is 0 Å². The van der Waals surface area contributed by atoms with Gasteiger partial charge < -0.3 is 4.74 Å². The lowest BCUT2D eigenvalue weighted by molar-refractivity contribution is 0.382. The van der Waals surface area contributed by atoms with Gasteiger partial charge in [0.1, 0.15) is 5.82 Å². The Balaban J connectivity index is 3.16. The molecule has 1 radical (unpaired) electrons. The molecule has 0 unspecified atom stereocenters. The third kappa shape index (κ3) is 1.55. The highest BCUT2D eigenvalue weighted by atomic mass is 19.1. The Bertz CT molecular complexity index is 254. The summed E-state index contributed by atoms with van der Waals surface area (Å²) in [5.41, 5.74) is 0.258. The van der Waals surface area contributed by atoms with Gasteiger partial charge in [0.05, 0.1) is 7.11 Å². The van der Waals surface area contributed by atoms with E-state index in [4.69, 9.17) is 0 Å². The first-order valence-electron chi connectivity index (χ1n) is 3.50. The van der Waals surface area contributed by atoms with Crippen LogP contribution >= 0.6 is 0 Å². The van der Waals surface area contributed by atoms with E-state index >= 15 is 0 Å². The molecule has 65 valence electrons. The Labute approximate surface area is 70.0 Å². The number of methoxy groups -OCH3 is 1. The van der Waals surface area contributed by atoms with Crippen molar-refractivity contribution in [3.05, 3.63) is 36.3 Å². The molecule has 1 rings (SSSR count). The van der Waals surface area contributed by atoms with Crippen molar-refractivity contribution in [1.82, 2.24) is 0 Å². The van der Waals surface area contributed by atoms with E-state index in [1.807, 2.05) is 0 Å². The molecule has 0 aliphatic carbocycles. The molecule has 0 aliphatic heterocycles. The molecule has 1 aromatic rings. The lowest BCUT2D eigenvalue weighted by atomic mass is 10.1. The van der Waals surface area contributed by atoms with E-state index in [0.717, 1.165) is 12.1 Å². The van der Waals surface area contributed by atoms with Crippen LogP contribution in [0.3, 0.4) is 0 Å². The number of rotatable bonds is 2. The predicted octanol–water partition coefficient (Wildman–Crippen LogP) is 2.35. The molecule has 0 saturated carbocycles. The lowest BCUT2D eigenvalue weighted by Gasteiger charge is -2.04. The second-order valence-corrected chi connectivity index (χ2v) is 2.33. The Kier molecular flexibility index (Phi) is 2.63. The second kappa shape index (κ2) is 3.52. The molecule has 3 heteroatoms. The van der Waals surface area contributed by atoms with Gasteiger partial charge >= 0.3 is 0 Å². The van der Waals surface area contributed by atoms with E-state index in [9.17, 15) is 8.78 Å². The zero-order valence-electron chi connectivity index (χ0n) is 6.73. The molecule has 0 N–H and O–H groups in total. The van der Waals surface area contributed by atoms with Crippen LogP contribution in [-0.2, 0) is 6.42 Å². The van der Waals surface area contributed by atoms with Crippen molar-refractivity contribution < 1.29 is 13.5 Å². The van der Waals surface area contributed by atoms with E-state index in [1.54, 1.807) is 0 Å². The van der Waals surface area contributed by atoms with Crippen molar-refractivity contribution in [2.24, 2.45) is 0 Å². The highest BCUT2D eigenvalue weighted by Gasteiger charge is 2.08. The fourth-order valence-electron chi connectivity index (χ4n) is 0.918. The molecule has 0 amide bonds. The third-order valence-electron chi connectivity index (χ3n) is 1.59. The Morgan fingerprint density at radius 2 is 2.00 bits per heavy atom. The molecule has 0 fully saturated rings. The van der Waals surface area contributed by atoms with Gasteiger partial charge in [0, 0.05) is 6.07 Å². The van der Waals surface area contributed by atoms with Gasteiger partial charge in [-0.15, -0.1) is 0 Å². The van der Waals surface area contributed by atoms with Crippen LogP contribution in [0.25, 0.3) is 0 Å². The topological polar surface area (TPSA) is 9.23 Å². The number of halogens is 2. The average Bonchev–Trinajstić information content (AvgIpc) is 2.08. The first-order valence-corrected chi connectivity index (χ1v) is 3.50. The summed E-state index contributed by atoms with van der Waals surface area (Å²) in [6.45, 7) is 3.47. The van der Waals surface area contributed by atoms with Crippen molar-refractivity contribution in [1.29, 1.82) is 0 Å². The van der Waals surface area contributed by atoms with Crippen LogP contribution in [0.4, 0.5) is 8.78 Å². The van der Waals surface area contributed by atoms with Gasteiger partial charge in [0.2, 0.25) is 0 Å². The third-order valence-corrected chi connectivity index (χ3v) is 1.59. The second-order valence-electron chi connectivity index (χ2n) is 2.33.